The molecule has 0 aliphatic carbocycles. The predicted molar refractivity (Wildman–Crippen MR) is 207 cm³/mol. The van der Waals surface area contributed by atoms with Gasteiger partial charge in [0.15, 0.2) is 28.6 Å². The first-order valence-electron chi connectivity index (χ1n) is 17.1. The van der Waals surface area contributed by atoms with Gasteiger partial charge in [0.25, 0.3) is 0 Å². The minimum atomic E-state index is 0.518. The van der Waals surface area contributed by atoms with Crippen LogP contribution in [0.2, 0.25) is 0 Å². The molecule has 0 saturated carbocycles. The van der Waals surface area contributed by atoms with E-state index in [1.807, 2.05) is 60.9 Å². The SMILES string of the molecule is c1ccc2cc(-c3nc(-c4ccc(-c5cncc6oc7ccccc7c56)c5ccccc45)nc(-c4cncc5oc6ccccc6c45)n3)ccc2c1. The summed E-state index contributed by atoms with van der Waals surface area (Å²) in [7, 11) is 0. The second-order valence-corrected chi connectivity index (χ2v) is 12.9. The third-order valence-electron chi connectivity index (χ3n) is 9.91. The first-order valence-corrected chi connectivity index (χ1v) is 17.1. The number of hydrogen-bond donors (Lipinski definition) is 0. The van der Waals surface area contributed by atoms with E-state index >= 15 is 0 Å². The summed E-state index contributed by atoms with van der Waals surface area (Å²) in [5.41, 5.74) is 7.66. The highest BCUT2D eigenvalue weighted by atomic mass is 16.3. The van der Waals surface area contributed by atoms with Gasteiger partial charge in [-0.1, -0.05) is 103 Å². The molecule has 0 aliphatic heterocycles. The summed E-state index contributed by atoms with van der Waals surface area (Å²) in [6.45, 7) is 0. The second kappa shape index (κ2) is 11.1. The lowest BCUT2D eigenvalue weighted by atomic mass is 9.93. The van der Waals surface area contributed by atoms with Crippen LogP contribution < -0.4 is 0 Å². The number of aromatic nitrogens is 5. The van der Waals surface area contributed by atoms with Crippen molar-refractivity contribution < 1.29 is 8.83 Å². The Morgan fingerprint density at radius 2 is 0.865 bits per heavy atom. The summed E-state index contributed by atoms with van der Waals surface area (Å²) >= 11 is 0. The number of furan rings is 2. The van der Waals surface area contributed by atoms with Gasteiger partial charge in [-0.2, -0.15) is 0 Å². The lowest BCUT2D eigenvalue weighted by Gasteiger charge is -2.14. The van der Waals surface area contributed by atoms with Crippen molar-refractivity contribution in [1.29, 1.82) is 0 Å². The van der Waals surface area contributed by atoms with Crippen LogP contribution in [0.15, 0.2) is 161 Å². The molecule has 0 amide bonds. The molecule has 52 heavy (non-hydrogen) atoms. The fraction of sp³-hybridized carbons (Fsp3) is 0. The number of para-hydroxylation sites is 2. The minimum absolute atomic E-state index is 0.518. The third-order valence-corrected chi connectivity index (χ3v) is 9.91. The molecule has 0 bridgehead atoms. The van der Waals surface area contributed by atoms with Crippen molar-refractivity contribution in [2.45, 2.75) is 0 Å². The Bertz CT molecular complexity index is 3220. The Kier molecular flexibility index (Phi) is 6.12. The topological polar surface area (TPSA) is 90.7 Å². The Morgan fingerprint density at radius 3 is 1.58 bits per heavy atom. The second-order valence-electron chi connectivity index (χ2n) is 12.9. The zero-order valence-electron chi connectivity index (χ0n) is 27.5. The molecule has 6 aromatic carbocycles. The van der Waals surface area contributed by atoms with E-state index in [-0.39, 0.29) is 0 Å². The summed E-state index contributed by atoms with van der Waals surface area (Å²) < 4.78 is 12.4. The van der Waals surface area contributed by atoms with E-state index in [2.05, 4.69) is 88.8 Å². The molecule has 242 valence electrons. The average molecular weight is 668 g/mol. The Labute approximate surface area is 295 Å². The van der Waals surface area contributed by atoms with Gasteiger partial charge in [-0.25, -0.2) is 15.0 Å². The molecule has 5 aromatic heterocycles. The largest absolute Gasteiger partial charge is 0.454 e. The van der Waals surface area contributed by atoms with Crippen molar-refractivity contribution in [2.75, 3.05) is 0 Å². The van der Waals surface area contributed by atoms with Crippen LogP contribution in [0, 0.1) is 0 Å². The molecule has 11 rings (SSSR count). The van der Waals surface area contributed by atoms with E-state index in [1.165, 1.54) is 0 Å². The summed E-state index contributed by atoms with van der Waals surface area (Å²) in [4.78, 5) is 24.6. The summed E-state index contributed by atoms with van der Waals surface area (Å²) in [6.07, 6.45) is 7.27. The maximum Gasteiger partial charge on any atom is 0.166 e. The van der Waals surface area contributed by atoms with Crippen molar-refractivity contribution in [3.8, 4) is 45.3 Å². The smallest absolute Gasteiger partial charge is 0.166 e. The van der Waals surface area contributed by atoms with Crippen LogP contribution >= 0.6 is 0 Å². The highest BCUT2D eigenvalue weighted by Crippen LogP contribution is 2.42. The van der Waals surface area contributed by atoms with Gasteiger partial charge in [-0.3, -0.25) is 9.97 Å². The third kappa shape index (κ3) is 4.36. The molecule has 0 atom stereocenters. The molecule has 7 nitrogen and oxygen atoms in total. The Balaban J connectivity index is 1.17. The number of pyridine rings is 2. The maximum atomic E-state index is 6.21. The molecular formula is C45H25N5O2. The fourth-order valence-electron chi connectivity index (χ4n) is 7.53. The van der Waals surface area contributed by atoms with Gasteiger partial charge in [-0.15, -0.1) is 0 Å². The first kappa shape index (κ1) is 28.6. The number of rotatable bonds is 4. The van der Waals surface area contributed by atoms with E-state index < -0.39 is 0 Å². The number of hydrogen-bond acceptors (Lipinski definition) is 7. The fourth-order valence-corrected chi connectivity index (χ4v) is 7.53. The Morgan fingerprint density at radius 1 is 0.346 bits per heavy atom. The number of benzene rings is 6. The molecule has 0 radical (unpaired) electrons. The van der Waals surface area contributed by atoms with Crippen molar-refractivity contribution in [1.82, 2.24) is 24.9 Å². The van der Waals surface area contributed by atoms with Gasteiger partial charge in [0.05, 0.1) is 12.4 Å². The lowest BCUT2D eigenvalue weighted by Crippen LogP contribution is -2.01. The molecule has 11 aromatic rings. The quantitative estimate of drug-likeness (QED) is 0.184. The van der Waals surface area contributed by atoms with Crippen LogP contribution in [-0.4, -0.2) is 24.9 Å². The monoisotopic (exact) mass is 667 g/mol. The average Bonchev–Trinajstić information content (AvgIpc) is 3.79. The summed E-state index contributed by atoms with van der Waals surface area (Å²) in [5.74, 6) is 1.65. The van der Waals surface area contributed by atoms with Crippen LogP contribution in [0.3, 0.4) is 0 Å². The van der Waals surface area contributed by atoms with Crippen LogP contribution in [0.5, 0.6) is 0 Å². The van der Waals surface area contributed by atoms with Crippen LogP contribution in [0.25, 0.3) is 111 Å². The van der Waals surface area contributed by atoms with Crippen molar-refractivity contribution >= 4 is 65.4 Å². The molecule has 7 heteroatoms. The molecule has 0 spiro atoms. The molecule has 0 unspecified atom stereocenters. The van der Waals surface area contributed by atoms with E-state index in [0.29, 0.717) is 23.1 Å². The summed E-state index contributed by atoms with van der Waals surface area (Å²) in [6, 6.07) is 43.4. The van der Waals surface area contributed by atoms with E-state index in [9.17, 15) is 0 Å². The van der Waals surface area contributed by atoms with Crippen LogP contribution in [-0.2, 0) is 0 Å². The van der Waals surface area contributed by atoms with Crippen molar-refractivity contribution in [2.24, 2.45) is 0 Å². The molecule has 0 fully saturated rings. The normalized spacial score (nSPS) is 11.8. The van der Waals surface area contributed by atoms with Gasteiger partial charge in [0, 0.05) is 56.2 Å². The van der Waals surface area contributed by atoms with Gasteiger partial charge in [0.1, 0.15) is 11.2 Å². The predicted octanol–water partition coefficient (Wildman–Crippen LogP) is 11.4. The molecular weight excluding hydrogens is 643 g/mol. The zero-order chi connectivity index (χ0) is 34.2. The van der Waals surface area contributed by atoms with Gasteiger partial charge >= 0.3 is 0 Å². The molecule has 0 saturated heterocycles. The minimum Gasteiger partial charge on any atom is -0.454 e. The number of nitrogens with zero attached hydrogens (tertiary/aromatic N) is 5. The number of fused-ring (bicyclic) bond motifs is 8. The molecule has 0 N–H and O–H groups in total. The molecule has 0 aliphatic rings. The van der Waals surface area contributed by atoms with Crippen LogP contribution in [0.4, 0.5) is 0 Å². The van der Waals surface area contributed by atoms with E-state index in [0.717, 1.165) is 87.7 Å². The van der Waals surface area contributed by atoms with Crippen molar-refractivity contribution in [3.63, 3.8) is 0 Å². The van der Waals surface area contributed by atoms with Gasteiger partial charge in [0.2, 0.25) is 0 Å². The standard InChI is InChI=1S/C45H25N5O2/c1-2-10-27-21-28(18-17-26(27)9-1)43-48-44(50-45(49-43)36-23-47-25-40-42(36)34-14-6-8-16-38(34)52-40)32-20-19-31(29-11-3-4-12-30(29)32)35-22-46-24-39-41(35)33-13-5-7-15-37(33)51-39/h1-25H. The lowest BCUT2D eigenvalue weighted by molar-refractivity contribution is 0.666. The van der Waals surface area contributed by atoms with Crippen molar-refractivity contribution in [3.05, 3.63) is 152 Å². The Hall–Kier alpha value is -7.25. The van der Waals surface area contributed by atoms with E-state index in [4.69, 9.17) is 23.8 Å². The van der Waals surface area contributed by atoms with E-state index in [1.54, 1.807) is 12.4 Å². The highest BCUT2D eigenvalue weighted by Gasteiger charge is 2.21. The molecule has 5 heterocycles. The maximum absolute atomic E-state index is 6.21. The highest BCUT2D eigenvalue weighted by molar-refractivity contribution is 6.16. The van der Waals surface area contributed by atoms with Gasteiger partial charge in [-0.05, 0) is 51.4 Å². The first-order chi connectivity index (χ1) is 25.8. The summed E-state index contributed by atoms with van der Waals surface area (Å²) in [5, 5.41) is 8.31. The van der Waals surface area contributed by atoms with Crippen LogP contribution in [0.1, 0.15) is 0 Å². The van der Waals surface area contributed by atoms with Gasteiger partial charge < -0.3 is 8.83 Å². The zero-order valence-corrected chi connectivity index (χ0v) is 27.5.